The van der Waals surface area contributed by atoms with E-state index in [0.29, 0.717) is 17.1 Å². The molecule has 0 unspecified atom stereocenters. The summed E-state index contributed by atoms with van der Waals surface area (Å²) >= 11 is 0. The lowest BCUT2D eigenvalue weighted by Gasteiger charge is -2.18. The molecule has 15 heavy (non-hydrogen) atoms. The molecule has 1 rings (SSSR count). The average molecular weight is 211 g/mol. The Morgan fingerprint density at radius 1 is 1.27 bits per heavy atom. The van der Waals surface area contributed by atoms with Crippen molar-refractivity contribution in [1.82, 2.24) is 0 Å². The van der Waals surface area contributed by atoms with Crippen LogP contribution in [0.3, 0.4) is 0 Å². The summed E-state index contributed by atoms with van der Waals surface area (Å²) in [6.07, 6.45) is -0.755. The molecular formula is C11H17NO3. The topological polar surface area (TPSA) is 64.7 Å². The number of benzene rings is 1. The van der Waals surface area contributed by atoms with E-state index in [1.54, 1.807) is 39.3 Å². The summed E-state index contributed by atoms with van der Waals surface area (Å²) in [6, 6.07) is 4.90. The van der Waals surface area contributed by atoms with Gasteiger partial charge in [-0.3, -0.25) is 0 Å². The molecule has 4 heteroatoms. The van der Waals surface area contributed by atoms with Crippen molar-refractivity contribution in [2.24, 2.45) is 5.73 Å². The first-order valence-corrected chi connectivity index (χ1v) is 4.75. The minimum Gasteiger partial charge on any atom is -0.497 e. The maximum Gasteiger partial charge on any atom is 0.124 e. The quantitative estimate of drug-likeness (QED) is 0.782. The van der Waals surface area contributed by atoms with Gasteiger partial charge in [0.15, 0.2) is 0 Å². The molecule has 0 spiro atoms. The van der Waals surface area contributed by atoms with Gasteiger partial charge in [-0.25, -0.2) is 0 Å². The van der Waals surface area contributed by atoms with Crippen LogP contribution in [0.25, 0.3) is 0 Å². The van der Waals surface area contributed by atoms with E-state index in [0.717, 1.165) is 0 Å². The van der Waals surface area contributed by atoms with Gasteiger partial charge in [0, 0.05) is 11.6 Å². The van der Waals surface area contributed by atoms with Crippen LogP contribution in [0.5, 0.6) is 11.5 Å². The van der Waals surface area contributed by atoms with Crippen molar-refractivity contribution in [2.45, 2.75) is 19.1 Å². The zero-order valence-corrected chi connectivity index (χ0v) is 9.23. The highest BCUT2D eigenvalue weighted by Gasteiger charge is 2.17. The minimum absolute atomic E-state index is 0.356. The Labute approximate surface area is 89.6 Å². The normalized spacial score (nSPS) is 14.5. The number of ether oxygens (including phenoxy) is 2. The lowest BCUT2D eigenvalue weighted by atomic mass is 10.0. The number of aliphatic hydroxyl groups is 1. The van der Waals surface area contributed by atoms with Gasteiger partial charge in [-0.15, -0.1) is 0 Å². The number of rotatable bonds is 4. The minimum atomic E-state index is -0.755. The van der Waals surface area contributed by atoms with E-state index in [-0.39, 0.29) is 6.04 Å². The highest BCUT2D eigenvalue weighted by Crippen LogP contribution is 2.30. The number of nitrogens with two attached hydrogens (primary N) is 1. The van der Waals surface area contributed by atoms with Crippen LogP contribution in [0.4, 0.5) is 0 Å². The highest BCUT2D eigenvalue weighted by atomic mass is 16.5. The maximum atomic E-state index is 9.87. The van der Waals surface area contributed by atoms with E-state index in [2.05, 4.69) is 0 Å². The van der Waals surface area contributed by atoms with Gasteiger partial charge in [0.25, 0.3) is 0 Å². The Hall–Kier alpha value is -1.26. The van der Waals surface area contributed by atoms with Crippen LogP contribution in [-0.4, -0.2) is 25.4 Å². The smallest absolute Gasteiger partial charge is 0.124 e. The van der Waals surface area contributed by atoms with E-state index in [4.69, 9.17) is 15.2 Å². The van der Waals surface area contributed by atoms with E-state index < -0.39 is 6.10 Å². The van der Waals surface area contributed by atoms with Crippen LogP contribution in [0.2, 0.25) is 0 Å². The molecule has 0 heterocycles. The van der Waals surface area contributed by atoms with E-state index in [1.807, 2.05) is 0 Å². The molecule has 3 N–H and O–H groups in total. The molecule has 0 aliphatic rings. The first-order chi connectivity index (χ1) is 7.10. The summed E-state index contributed by atoms with van der Waals surface area (Å²) in [4.78, 5) is 0. The molecule has 84 valence electrons. The standard InChI is InChI=1S/C11H17NO3/c1-7(12)11(13)9-6-8(14-2)4-5-10(9)15-3/h4-7,11,13H,12H2,1-3H3/t7-,11+/m1/s1. The third kappa shape index (κ3) is 2.61. The first kappa shape index (κ1) is 11.8. The number of methoxy groups -OCH3 is 2. The lowest BCUT2D eigenvalue weighted by molar-refractivity contribution is 0.149. The fourth-order valence-electron chi connectivity index (χ4n) is 1.35. The molecule has 0 bridgehead atoms. The number of aliphatic hydroxyl groups excluding tert-OH is 1. The molecule has 1 aromatic rings. The molecule has 4 nitrogen and oxygen atoms in total. The van der Waals surface area contributed by atoms with Crippen molar-refractivity contribution in [3.05, 3.63) is 23.8 Å². The predicted octanol–water partition coefficient (Wildman–Crippen LogP) is 1.08. The summed E-state index contributed by atoms with van der Waals surface area (Å²) in [6.45, 7) is 1.74. The third-order valence-corrected chi connectivity index (χ3v) is 2.25. The molecule has 0 fully saturated rings. The Morgan fingerprint density at radius 2 is 1.93 bits per heavy atom. The van der Waals surface area contributed by atoms with Crippen molar-refractivity contribution < 1.29 is 14.6 Å². The van der Waals surface area contributed by atoms with Crippen molar-refractivity contribution in [3.8, 4) is 11.5 Å². The summed E-state index contributed by atoms with van der Waals surface area (Å²) in [5.41, 5.74) is 6.28. The fraction of sp³-hybridized carbons (Fsp3) is 0.455. The van der Waals surface area contributed by atoms with Gasteiger partial charge < -0.3 is 20.3 Å². The van der Waals surface area contributed by atoms with Gasteiger partial charge in [-0.1, -0.05) is 0 Å². The monoisotopic (exact) mass is 211 g/mol. The van der Waals surface area contributed by atoms with Gasteiger partial charge >= 0.3 is 0 Å². The van der Waals surface area contributed by atoms with Crippen LogP contribution >= 0.6 is 0 Å². The van der Waals surface area contributed by atoms with Crippen molar-refractivity contribution in [1.29, 1.82) is 0 Å². The van der Waals surface area contributed by atoms with Crippen LogP contribution in [0, 0.1) is 0 Å². The zero-order valence-electron chi connectivity index (χ0n) is 9.23. The van der Waals surface area contributed by atoms with Crippen LogP contribution in [-0.2, 0) is 0 Å². The van der Waals surface area contributed by atoms with E-state index >= 15 is 0 Å². The summed E-state index contributed by atoms with van der Waals surface area (Å²) in [5.74, 6) is 1.28. The zero-order chi connectivity index (χ0) is 11.4. The molecule has 0 amide bonds. The molecule has 0 aliphatic heterocycles. The lowest BCUT2D eigenvalue weighted by Crippen LogP contribution is -2.24. The van der Waals surface area contributed by atoms with Gasteiger partial charge in [-0.05, 0) is 25.1 Å². The highest BCUT2D eigenvalue weighted by molar-refractivity contribution is 5.42. The van der Waals surface area contributed by atoms with Crippen LogP contribution in [0.1, 0.15) is 18.6 Å². The Bertz CT molecular complexity index is 326. The fourth-order valence-corrected chi connectivity index (χ4v) is 1.35. The number of hydrogen-bond donors (Lipinski definition) is 2. The average Bonchev–Trinajstić information content (AvgIpc) is 2.27. The predicted molar refractivity (Wildman–Crippen MR) is 58.2 cm³/mol. The van der Waals surface area contributed by atoms with Gasteiger partial charge in [-0.2, -0.15) is 0 Å². The molecule has 0 saturated carbocycles. The second-order valence-corrected chi connectivity index (χ2v) is 3.41. The molecule has 0 aliphatic carbocycles. The Balaban J connectivity index is 3.11. The van der Waals surface area contributed by atoms with E-state index in [9.17, 15) is 5.11 Å². The Kier molecular flexibility index (Phi) is 3.94. The molecule has 0 radical (unpaired) electrons. The number of hydrogen-bond acceptors (Lipinski definition) is 4. The molecule has 0 aromatic heterocycles. The van der Waals surface area contributed by atoms with Crippen molar-refractivity contribution >= 4 is 0 Å². The summed E-state index contributed by atoms with van der Waals surface area (Å²) in [7, 11) is 3.13. The Morgan fingerprint density at radius 3 is 2.40 bits per heavy atom. The second-order valence-electron chi connectivity index (χ2n) is 3.41. The van der Waals surface area contributed by atoms with Crippen molar-refractivity contribution in [3.63, 3.8) is 0 Å². The van der Waals surface area contributed by atoms with Crippen LogP contribution < -0.4 is 15.2 Å². The van der Waals surface area contributed by atoms with Gasteiger partial charge in [0.05, 0.1) is 20.3 Å². The first-order valence-electron chi connectivity index (χ1n) is 4.75. The largest absolute Gasteiger partial charge is 0.497 e. The molecular weight excluding hydrogens is 194 g/mol. The summed E-state index contributed by atoms with van der Waals surface area (Å²) < 4.78 is 10.2. The molecule has 2 atom stereocenters. The van der Waals surface area contributed by atoms with Gasteiger partial charge in [0.2, 0.25) is 0 Å². The third-order valence-electron chi connectivity index (χ3n) is 2.25. The summed E-state index contributed by atoms with van der Waals surface area (Å²) in [5, 5.41) is 9.87. The van der Waals surface area contributed by atoms with Gasteiger partial charge in [0.1, 0.15) is 11.5 Å². The van der Waals surface area contributed by atoms with Crippen LogP contribution in [0.15, 0.2) is 18.2 Å². The SMILES string of the molecule is COc1ccc(OC)c([C@@H](O)[C@@H](C)N)c1. The van der Waals surface area contributed by atoms with Crippen molar-refractivity contribution in [2.75, 3.05) is 14.2 Å². The second kappa shape index (κ2) is 5.00. The maximum absolute atomic E-state index is 9.87. The molecule has 1 aromatic carbocycles. The molecule has 0 saturated heterocycles. The van der Waals surface area contributed by atoms with E-state index in [1.165, 1.54) is 0 Å².